The maximum Gasteiger partial charge on any atom is 0.267 e. The Morgan fingerprint density at radius 3 is 2.35 bits per heavy atom. The summed E-state index contributed by atoms with van der Waals surface area (Å²) in [7, 11) is -1.88. The highest BCUT2D eigenvalue weighted by Gasteiger charge is 2.21. The summed E-state index contributed by atoms with van der Waals surface area (Å²) in [6.07, 6.45) is 0.845. The normalized spacial score (nSPS) is 12.3. The number of sulfonamides is 1. The zero-order valence-corrected chi connectivity index (χ0v) is 19.3. The molecule has 1 heterocycles. The summed E-state index contributed by atoms with van der Waals surface area (Å²) in [6, 6.07) is 14.4. The Labute approximate surface area is 185 Å². The van der Waals surface area contributed by atoms with Gasteiger partial charge >= 0.3 is 0 Å². The highest BCUT2D eigenvalue weighted by Crippen LogP contribution is 2.27. The van der Waals surface area contributed by atoms with E-state index < -0.39 is 16.1 Å². The van der Waals surface area contributed by atoms with Gasteiger partial charge in [-0.25, -0.2) is 8.42 Å². The van der Waals surface area contributed by atoms with E-state index in [4.69, 9.17) is 4.74 Å². The topological polar surface area (TPSA) is 101 Å². The molecule has 0 saturated carbocycles. The molecule has 0 spiro atoms. The smallest absolute Gasteiger partial charge is 0.267 e. The largest absolute Gasteiger partial charge is 0.481 e. The molecule has 0 bridgehead atoms. The van der Waals surface area contributed by atoms with E-state index in [0.717, 1.165) is 22.4 Å². The molecular weight excluding hydrogens is 436 g/mol. The minimum absolute atomic E-state index is 0.327. The van der Waals surface area contributed by atoms with Crippen molar-refractivity contribution in [3.63, 3.8) is 0 Å². The van der Waals surface area contributed by atoms with Crippen molar-refractivity contribution in [2.45, 2.75) is 26.4 Å². The molecule has 0 aliphatic rings. The number of carbonyl (C=O) groups is 1. The molecule has 3 rings (SSSR count). The first kappa shape index (κ1) is 22.7. The van der Waals surface area contributed by atoms with E-state index in [1.165, 1.54) is 22.7 Å². The van der Waals surface area contributed by atoms with Crippen LogP contribution >= 0.6 is 11.3 Å². The summed E-state index contributed by atoms with van der Waals surface area (Å²) in [5.74, 6) is 0.136. The third-order valence-electron chi connectivity index (χ3n) is 4.59. The van der Waals surface area contributed by atoms with Crippen LogP contribution in [0.3, 0.4) is 0 Å². The average Bonchev–Trinajstić information content (AvgIpc) is 3.20. The van der Waals surface area contributed by atoms with E-state index in [0.29, 0.717) is 23.0 Å². The van der Waals surface area contributed by atoms with Gasteiger partial charge in [-0.1, -0.05) is 48.1 Å². The maximum absolute atomic E-state index is 12.7. The number of aryl methyl sites for hydroxylation is 1. The number of nitrogens with one attached hydrogen (secondary N) is 1. The minimum Gasteiger partial charge on any atom is -0.481 e. The summed E-state index contributed by atoms with van der Waals surface area (Å²) in [5, 5.41) is 12.1. The lowest BCUT2D eigenvalue weighted by Crippen LogP contribution is -2.32. The fourth-order valence-corrected chi connectivity index (χ4v) is 3.94. The van der Waals surface area contributed by atoms with E-state index in [9.17, 15) is 13.2 Å². The van der Waals surface area contributed by atoms with Gasteiger partial charge in [-0.05, 0) is 37.6 Å². The second kappa shape index (κ2) is 9.44. The number of anilines is 2. The number of benzene rings is 2. The predicted molar refractivity (Wildman–Crippen MR) is 123 cm³/mol. The van der Waals surface area contributed by atoms with Gasteiger partial charge in [0.1, 0.15) is 10.8 Å². The van der Waals surface area contributed by atoms with Gasteiger partial charge in [-0.2, -0.15) is 0 Å². The third-order valence-corrected chi connectivity index (χ3v) is 6.69. The molecule has 0 aliphatic carbocycles. The number of nitrogens with zero attached hydrogens (tertiary/aromatic N) is 3. The fourth-order valence-electron chi connectivity index (χ4n) is 2.69. The van der Waals surface area contributed by atoms with Crippen LogP contribution < -0.4 is 14.4 Å². The maximum atomic E-state index is 12.7. The second-order valence-corrected chi connectivity index (χ2v) is 10.00. The van der Waals surface area contributed by atoms with Crippen LogP contribution in [0, 0.1) is 6.92 Å². The Morgan fingerprint density at radius 1 is 1.13 bits per heavy atom. The lowest BCUT2D eigenvalue weighted by molar-refractivity contribution is -0.122. The van der Waals surface area contributed by atoms with E-state index >= 15 is 0 Å². The molecule has 8 nitrogen and oxygen atoms in total. The quantitative estimate of drug-likeness (QED) is 0.550. The molecule has 3 aromatic rings. The SMILES string of the molecule is CCC(Oc1ccc(N(C)S(C)(=O)=O)cc1)C(=O)Nc1nnc(-c2ccc(C)cc2)s1. The summed E-state index contributed by atoms with van der Waals surface area (Å²) < 4.78 is 30.3. The van der Waals surface area contributed by atoms with Crippen LogP contribution in [0.25, 0.3) is 10.6 Å². The summed E-state index contributed by atoms with van der Waals surface area (Å²) >= 11 is 1.29. The highest BCUT2D eigenvalue weighted by molar-refractivity contribution is 7.92. The molecule has 10 heteroatoms. The van der Waals surface area contributed by atoms with Crippen LogP contribution in [-0.4, -0.2) is 43.9 Å². The molecule has 2 aromatic carbocycles. The van der Waals surface area contributed by atoms with Gasteiger partial charge in [0, 0.05) is 12.6 Å². The number of rotatable bonds is 8. The second-order valence-electron chi connectivity index (χ2n) is 7.01. The first-order valence-electron chi connectivity index (χ1n) is 9.59. The number of carbonyl (C=O) groups excluding carboxylic acids is 1. The number of hydrogen-bond donors (Lipinski definition) is 1. The molecule has 164 valence electrons. The molecule has 1 atom stereocenters. The summed E-state index contributed by atoms with van der Waals surface area (Å²) in [4.78, 5) is 12.7. The Hall–Kier alpha value is -2.98. The Morgan fingerprint density at radius 2 is 1.77 bits per heavy atom. The van der Waals surface area contributed by atoms with Crippen molar-refractivity contribution in [3.05, 3.63) is 54.1 Å². The predicted octanol–water partition coefficient (Wildman–Crippen LogP) is 3.71. The number of hydrogen-bond acceptors (Lipinski definition) is 7. The third kappa shape index (κ3) is 5.80. The Bertz CT molecular complexity index is 1140. The summed E-state index contributed by atoms with van der Waals surface area (Å²) in [5.41, 5.74) is 2.59. The van der Waals surface area contributed by atoms with Crippen LogP contribution in [-0.2, 0) is 14.8 Å². The van der Waals surface area contributed by atoms with Crippen molar-refractivity contribution in [1.29, 1.82) is 0 Å². The molecule has 1 aromatic heterocycles. The van der Waals surface area contributed by atoms with Gasteiger partial charge in [0.2, 0.25) is 15.2 Å². The Kier molecular flexibility index (Phi) is 6.91. The molecule has 1 N–H and O–H groups in total. The number of ether oxygens (including phenoxy) is 1. The zero-order valence-electron chi connectivity index (χ0n) is 17.7. The number of amides is 1. The highest BCUT2D eigenvalue weighted by atomic mass is 32.2. The minimum atomic E-state index is -3.35. The standard InChI is InChI=1S/C21H24N4O4S2/c1-5-18(29-17-12-10-16(11-13-17)25(3)31(4,27)28)19(26)22-21-24-23-20(30-21)15-8-6-14(2)7-9-15/h6-13,18H,5H2,1-4H3,(H,22,24,26). The molecule has 31 heavy (non-hydrogen) atoms. The van der Waals surface area contributed by atoms with Gasteiger partial charge in [0.05, 0.1) is 11.9 Å². The van der Waals surface area contributed by atoms with Crippen molar-refractivity contribution in [3.8, 4) is 16.3 Å². The Balaban J connectivity index is 1.65. The summed E-state index contributed by atoms with van der Waals surface area (Å²) in [6.45, 7) is 3.85. The van der Waals surface area contributed by atoms with Crippen LogP contribution in [0.2, 0.25) is 0 Å². The van der Waals surface area contributed by atoms with Gasteiger partial charge < -0.3 is 4.74 Å². The van der Waals surface area contributed by atoms with Crippen LogP contribution in [0.5, 0.6) is 5.75 Å². The van der Waals surface area contributed by atoms with Gasteiger partial charge in [0.15, 0.2) is 6.10 Å². The molecule has 1 amide bonds. The van der Waals surface area contributed by atoms with Crippen molar-refractivity contribution >= 4 is 38.1 Å². The number of aromatic nitrogens is 2. The van der Waals surface area contributed by atoms with Gasteiger partial charge in [0.25, 0.3) is 5.91 Å². The van der Waals surface area contributed by atoms with Gasteiger partial charge in [-0.3, -0.25) is 14.4 Å². The average molecular weight is 461 g/mol. The van der Waals surface area contributed by atoms with E-state index in [-0.39, 0.29) is 5.91 Å². The van der Waals surface area contributed by atoms with Crippen molar-refractivity contribution in [1.82, 2.24) is 10.2 Å². The lowest BCUT2D eigenvalue weighted by atomic mass is 10.2. The van der Waals surface area contributed by atoms with Crippen LogP contribution in [0.1, 0.15) is 18.9 Å². The van der Waals surface area contributed by atoms with E-state index in [1.807, 2.05) is 38.1 Å². The van der Waals surface area contributed by atoms with Crippen molar-refractivity contribution in [2.75, 3.05) is 22.9 Å². The fraction of sp³-hybridized carbons (Fsp3) is 0.286. The molecule has 0 radical (unpaired) electrons. The van der Waals surface area contributed by atoms with Crippen LogP contribution in [0.4, 0.5) is 10.8 Å². The van der Waals surface area contributed by atoms with Gasteiger partial charge in [-0.15, -0.1) is 10.2 Å². The van der Waals surface area contributed by atoms with Crippen LogP contribution in [0.15, 0.2) is 48.5 Å². The molecule has 0 saturated heterocycles. The van der Waals surface area contributed by atoms with E-state index in [1.54, 1.807) is 24.3 Å². The monoisotopic (exact) mass is 460 g/mol. The van der Waals surface area contributed by atoms with E-state index in [2.05, 4.69) is 15.5 Å². The first-order chi connectivity index (χ1) is 14.7. The molecular formula is C21H24N4O4S2. The van der Waals surface area contributed by atoms with Crippen molar-refractivity contribution < 1.29 is 17.9 Å². The molecule has 0 aliphatic heterocycles. The first-order valence-corrected chi connectivity index (χ1v) is 12.3. The lowest BCUT2D eigenvalue weighted by Gasteiger charge is -2.19. The van der Waals surface area contributed by atoms with Crippen molar-refractivity contribution in [2.24, 2.45) is 0 Å². The molecule has 1 unspecified atom stereocenters. The molecule has 0 fully saturated rings. The zero-order chi connectivity index (χ0) is 22.6.